The smallest absolute Gasteiger partial charge is 0.335 e. The van der Waals surface area contributed by atoms with Gasteiger partial charge in [-0.1, -0.05) is 13.0 Å². The summed E-state index contributed by atoms with van der Waals surface area (Å²) in [7, 11) is 0. The lowest BCUT2D eigenvalue weighted by Gasteiger charge is -2.34. The van der Waals surface area contributed by atoms with Crippen molar-refractivity contribution in [2.24, 2.45) is 5.92 Å². The number of aliphatic hydroxyl groups is 1. The predicted molar refractivity (Wildman–Crippen MR) is 75.1 cm³/mol. The van der Waals surface area contributed by atoms with Crippen LogP contribution in [0.15, 0.2) is 24.3 Å². The van der Waals surface area contributed by atoms with E-state index in [2.05, 4.69) is 11.8 Å². The number of likely N-dealkylation sites (tertiary alicyclic amines) is 1. The predicted octanol–water partition coefficient (Wildman–Crippen LogP) is 1.47. The molecule has 0 aliphatic carbocycles. The van der Waals surface area contributed by atoms with Gasteiger partial charge in [-0.15, -0.1) is 0 Å². The Bertz CT molecular complexity index is 463. The highest BCUT2D eigenvalue weighted by atomic mass is 16.5. The van der Waals surface area contributed by atoms with Gasteiger partial charge < -0.3 is 14.9 Å². The number of rotatable bonds is 5. The maximum Gasteiger partial charge on any atom is 0.335 e. The number of piperidine rings is 1. The Morgan fingerprint density at radius 3 is 3.00 bits per heavy atom. The van der Waals surface area contributed by atoms with Crippen molar-refractivity contribution in [2.45, 2.75) is 19.4 Å². The Hall–Kier alpha value is -1.59. The second-order valence-corrected chi connectivity index (χ2v) is 5.32. The summed E-state index contributed by atoms with van der Waals surface area (Å²) in [5, 5.41) is 18.7. The maximum atomic E-state index is 10.8. The van der Waals surface area contributed by atoms with Gasteiger partial charge in [0.15, 0.2) is 0 Å². The second-order valence-electron chi connectivity index (χ2n) is 5.32. The molecule has 2 N–H and O–H groups in total. The van der Waals surface area contributed by atoms with Crippen molar-refractivity contribution in [3.63, 3.8) is 0 Å². The van der Waals surface area contributed by atoms with Gasteiger partial charge in [-0.25, -0.2) is 4.79 Å². The zero-order valence-electron chi connectivity index (χ0n) is 11.7. The van der Waals surface area contributed by atoms with Crippen LogP contribution in [0.1, 0.15) is 23.7 Å². The summed E-state index contributed by atoms with van der Waals surface area (Å²) in [6.07, 6.45) is 0.731. The molecule has 0 aromatic heterocycles. The van der Waals surface area contributed by atoms with Crippen LogP contribution in [0.4, 0.5) is 0 Å². The van der Waals surface area contributed by atoms with E-state index in [9.17, 15) is 9.90 Å². The lowest BCUT2D eigenvalue weighted by Crippen LogP contribution is -2.44. The SMILES string of the molecule is CC1CCN(CCOc2cccc(C(=O)O)c2)CC1O. The monoisotopic (exact) mass is 279 g/mol. The van der Waals surface area contributed by atoms with Gasteiger partial charge in [-0.3, -0.25) is 4.90 Å². The molecule has 1 aromatic rings. The quantitative estimate of drug-likeness (QED) is 0.854. The zero-order chi connectivity index (χ0) is 14.5. The molecule has 5 heteroatoms. The highest BCUT2D eigenvalue weighted by molar-refractivity contribution is 5.87. The van der Waals surface area contributed by atoms with E-state index >= 15 is 0 Å². The third kappa shape index (κ3) is 3.95. The summed E-state index contributed by atoms with van der Waals surface area (Å²) >= 11 is 0. The molecule has 1 aliphatic heterocycles. The summed E-state index contributed by atoms with van der Waals surface area (Å²) in [5.74, 6) is -0.0289. The van der Waals surface area contributed by atoms with E-state index in [0.717, 1.165) is 19.5 Å². The minimum atomic E-state index is -0.955. The number of hydrogen-bond acceptors (Lipinski definition) is 4. The summed E-state index contributed by atoms with van der Waals surface area (Å²) in [6.45, 7) is 4.94. The van der Waals surface area contributed by atoms with Gasteiger partial charge in [0.1, 0.15) is 12.4 Å². The molecule has 1 saturated heterocycles. The molecular formula is C15H21NO4. The van der Waals surface area contributed by atoms with Gasteiger partial charge in [0.2, 0.25) is 0 Å². The number of carboxylic acids is 1. The Balaban J connectivity index is 1.78. The number of ether oxygens (including phenoxy) is 1. The van der Waals surface area contributed by atoms with Crippen molar-refractivity contribution >= 4 is 5.97 Å². The highest BCUT2D eigenvalue weighted by Gasteiger charge is 2.23. The third-order valence-electron chi connectivity index (χ3n) is 3.76. The fourth-order valence-electron chi connectivity index (χ4n) is 2.33. The van der Waals surface area contributed by atoms with Gasteiger partial charge in [-0.05, 0) is 37.1 Å². The first kappa shape index (κ1) is 14.8. The van der Waals surface area contributed by atoms with Gasteiger partial charge in [0.05, 0.1) is 11.7 Å². The summed E-state index contributed by atoms with van der Waals surface area (Å²) < 4.78 is 5.58. The van der Waals surface area contributed by atoms with Crippen LogP contribution in [0, 0.1) is 5.92 Å². The molecule has 1 fully saturated rings. The van der Waals surface area contributed by atoms with E-state index < -0.39 is 5.97 Å². The van der Waals surface area contributed by atoms with Crippen molar-refractivity contribution in [1.29, 1.82) is 0 Å². The minimum Gasteiger partial charge on any atom is -0.492 e. The van der Waals surface area contributed by atoms with Crippen LogP contribution in [-0.2, 0) is 0 Å². The van der Waals surface area contributed by atoms with E-state index in [1.54, 1.807) is 12.1 Å². The Morgan fingerprint density at radius 2 is 2.30 bits per heavy atom. The molecule has 1 heterocycles. The molecule has 0 bridgehead atoms. The lowest BCUT2D eigenvalue weighted by molar-refractivity contribution is 0.0244. The standard InChI is InChI=1S/C15H21NO4/c1-11-5-6-16(10-14(11)17)7-8-20-13-4-2-3-12(9-13)15(18)19/h2-4,9,11,14,17H,5-8,10H2,1H3,(H,18,19). The highest BCUT2D eigenvalue weighted by Crippen LogP contribution is 2.17. The zero-order valence-corrected chi connectivity index (χ0v) is 11.7. The first-order valence-corrected chi connectivity index (χ1v) is 6.93. The summed E-state index contributed by atoms with van der Waals surface area (Å²) in [4.78, 5) is 13.0. The first-order chi connectivity index (χ1) is 9.56. The van der Waals surface area contributed by atoms with E-state index in [4.69, 9.17) is 9.84 Å². The van der Waals surface area contributed by atoms with Gasteiger partial charge in [-0.2, -0.15) is 0 Å². The molecule has 2 rings (SSSR count). The van der Waals surface area contributed by atoms with Crippen molar-refractivity contribution in [1.82, 2.24) is 4.90 Å². The third-order valence-corrected chi connectivity index (χ3v) is 3.76. The number of nitrogens with zero attached hydrogens (tertiary/aromatic N) is 1. The molecule has 20 heavy (non-hydrogen) atoms. The van der Waals surface area contributed by atoms with E-state index in [1.807, 2.05) is 0 Å². The fourth-order valence-corrected chi connectivity index (χ4v) is 2.33. The van der Waals surface area contributed by atoms with E-state index in [1.165, 1.54) is 12.1 Å². The second kappa shape index (κ2) is 6.72. The Labute approximate surface area is 118 Å². The Kier molecular flexibility index (Phi) is 4.98. The lowest BCUT2D eigenvalue weighted by atomic mass is 9.96. The van der Waals surface area contributed by atoms with Gasteiger partial charge in [0, 0.05) is 13.1 Å². The molecule has 0 radical (unpaired) electrons. The molecule has 5 nitrogen and oxygen atoms in total. The molecule has 1 aliphatic rings. The van der Waals surface area contributed by atoms with Crippen molar-refractivity contribution in [3.05, 3.63) is 29.8 Å². The number of benzene rings is 1. The molecule has 2 atom stereocenters. The minimum absolute atomic E-state index is 0.227. The van der Waals surface area contributed by atoms with Crippen LogP contribution in [0.5, 0.6) is 5.75 Å². The molecule has 0 spiro atoms. The summed E-state index contributed by atoms with van der Waals surface area (Å²) in [5.41, 5.74) is 0.227. The number of β-amino-alcohol motifs (C(OH)–C–C–N with tert-alkyl or cyclic N) is 1. The number of carboxylic acid groups (broad SMARTS) is 1. The average molecular weight is 279 g/mol. The molecular weight excluding hydrogens is 258 g/mol. The maximum absolute atomic E-state index is 10.8. The number of aliphatic hydroxyl groups excluding tert-OH is 1. The van der Waals surface area contributed by atoms with Gasteiger partial charge in [0.25, 0.3) is 0 Å². The van der Waals surface area contributed by atoms with E-state index in [-0.39, 0.29) is 11.7 Å². The molecule has 2 unspecified atom stereocenters. The van der Waals surface area contributed by atoms with Crippen LogP contribution in [0.2, 0.25) is 0 Å². The van der Waals surface area contributed by atoms with Crippen LogP contribution in [0.3, 0.4) is 0 Å². The van der Waals surface area contributed by atoms with Crippen LogP contribution < -0.4 is 4.74 Å². The van der Waals surface area contributed by atoms with Crippen molar-refractivity contribution in [2.75, 3.05) is 26.2 Å². The fraction of sp³-hybridized carbons (Fsp3) is 0.533. The largest absolute Gasteiger partial charge is 0.492 e. The molecule has 1 aromatic carbocycles. The Morgan fingerprint density at radius 1 is 1.50 bits per heavy atom. The molecule has 0 saturated carbocycles. The van der Waals surface area contributed by atoms with Crippen LogP contribution in [0.25, 0.3) is 0 Å². The number of aromatic carboxylic acids is 1. The number of carbonyl (C=O) groups is 1. The van der Waals surface area contributed by atoms with E-state index in [0.29, 0.717) is 24.8 Å². The molecule has 110 valence electrons. The normalized spacial score (nSPS) is 23.5. The van der Waals surface area contributed by atoms with Crippen LogP contribution >= 0.6 is 0 Å². The number of hydrogen-bond donors (Lipinski definition) is 2. The van der Waals surface area contributed by atoms with Crippen molar-refractivity contribution < 1.29 is 19.7 Å². The average Bonchev–Trinajstić information content (AvgIpc) is 2.43. The van der Waals surface area contributed by atoms with Crippen molar-refractivity contribution in [3.8, 4) is 5.75 Å². The van der Waals surface area contributed by atoms with Gasteiger partial charge >= 0.3 is 5.97 Å². The summed E-state index contributed by atoms with van der Waals surface area (Å²) in [6, 6.07) is 6.48. The molecule has 0 amide bonds. The van der Waals surface area contributed by atoms with Crippen LogP contribution in [-0.4, -0.2) is 53.4 Å². The topological polar surface area (TPSA) is 70.0 Å². The first-order valence-electron chi connectivity index (χ1n) is 6.93.